The van der Waals surface area contributed by atoms with Gasteiger partial charge in [-0.3, -0.25) is 0 Å². The first-order valence-electron chi connectivity index (χ1n) is 6.40. The van der Waals surface area contributed by atoms with Gasteiger partial charge in [0.15, 0.2) is 0 Å². The van der Waals surface area contributed by atoms with Gasteiger partial charge in [-0.15, -0.1) is 0 Å². The fourth-order valence-electron chi connectivity index (χ4n) is 2.27. The van der Waals surface area contributed by atoms with Crippen molar-refractivity contribution in [2.45, 2.75) is 18.9 Å². The van der Waals surface area contributed by atoms with Gasteiger partial charge in [-0.1, -0.05) is 17.7 Å². The predicted octanol–water partition coefficient (Wildman–Crippen LogP) is 2.41. The molecule has 2 rings (SSSR count). The van der Waals surface area contributed by atoms with Crippen LogP contribution in [0, 0.1) is 17.2 Å². The van der Waals surface area contributed by atoms with E-state index in [-0.39, 0.29) is 5.92 Å². The monoisotopic (exact) mass is 280 g/mol. The highest BCUT2D eigenvalue weighted by Crippen LogP contribution is 2.26. The second-order valence-electron chi connectivity index (χ2n) is 4.67. The molecule has 5 heteroatoms. The van der Waals surface area contributed by atoms with Crippen LogP contribution in [0.3, 0.4) is 0 Å². The van der Waals surface area contributed by atoms with Crippen LogP contribution in [0.5, 0.6) is 0 Å². The molecule has 0 aliphatic carbocycles. The van der Waals surface area contributed by atoms with Crippen molar-refractivity contribution >= 4 is 17.3 Å². The van der Waals surface area contributed by atoms with Crippen LogP contribution in [0.25, 0.3) is 0 Å². The molecule has 1 aromatic carbocycles. The first-order valence-corrected chi connectivity index (χ1v) is 6.78. The van der Waals surface area contributed by atoms with E-state index in [1.54, 1.807) is 18.2 Å². The van der Waals surface area contributed by atoms with Gasteiger partial charge in [0.2, 0.25) is 0 Å². The van der Waals surface area contributed by atoms with Gasteiger partial charge in [0, 0.05) is 19.8 Å². The third kappa shape index (κ3) is 3.60. The maximum atomic E-state index is 10.1. The Hall–Kier alpha value is -1.28. The molecule has 1 fully saturated rings. The molecule has 0 radical (unpaired) electrons. The van der Waals surface area contributed by atoms with E-state index in [4.69, 9.17) is 21.6 Å². The van der Waals surface area contributed by atoms with Crippen LogP contribution in [0.1, 0.15) is 18.4 Å². The number of benzene rings is 1. The quantitative estimate of drug-likeness (QED) is 0.889. The Morgan fingerprint density at radius 2 is 2.21 bits per heavy atom. The molecule has 1 saturated heterocycles. The van der Waals surface area contributed by atoms with Gasteiger partial charge in [0.1, 0.15) is 6.07 Å². The SMILES string of the molecule is N#Cc1cccc(Cl)c1NC[C@H](O)C1CCOCC1. The lowest BCUT2D eigenvalue weighted by molar-refractivity contribution is 0.0131. The van der Waals surface area contributed by atoms with Crippen LogP contribution in [0.15, 0.2) is 18.2 Å². The molecule has 4 nitrogen and oxygen atoms in total. The maximum absolute atomic E-state index is 10.1. The van der Waals surface area contributed by atoms with Crippen LogP contribution in [-0.2, 0) is 4.74 Å². The number of rotatable bonds is 4. The van der Waals surface area contributed by atoms with Crippen LogP contribution in [0.2, 0.25) is 5.02 Å². The van der Waals surface area contributed by atoms with E-state index in [1.807, 2.05) is 0 Å². The van der Waals surface area contributed by atoms with Gasteiger partial charge in [0.05, 0.1) is 22.4 Å². The third-order valence-corrected chi connectivity index (χ3v) is 3.75. The van der Waals surface area contributed by atoms with Crippen molar-refractivity contribution in [2.75, 3.05) is 25.1 Å². The molecule has 0 bridgehead atoms. The Kier molecular flexibility index (Phi) is 5.03. The highest BCUT2D eigenvalue weighted by molar-refractivity contribution is 6.33. The number of aliphatic hydroxyl groups excluding tert-OH is 1. The minimum atomic E-state index is -0.452. The van der Waals surface area contributed by atoms with Crippen molar-refractivity contribution in [3.05, 3.63) is 28.8 Å². The van der Waals surface area contributed by atoms with Crippen LogP contribution >= 0.6 is 11.6 Å². The average molecular weight is 281 g/mol. The summed E-state index contributed by atoms with van der Waals surface area (Å²) in [4.78, 5) is 0. The van der Waals surface area contributed by atoms with Gasteiger partial charge < -0.3 is 15.2 Å². The number of para-hydroxylation sites is 1. The lowest BCUT2D eigenvalue weighted by atomic mass is 9.94. The summed E-state index contributed by atoms with van der Waals surface area (Å²) in [6.07, 6.45) is 1.29. The third-order valence-electron chi connectivity index (χ3n) is 3.43. The van der Waals surface area contributed by atoms with Crippen molar-refractivity contribution in [1.82, 2.24) is 0 Å². The Morgan fingerprint density at radius 3 is 2.89 bits per heavy atom. The molecule has 2 N–H and O–H groups in total. The molecular formula is C14H17ClN2O2. The molecule has 0 saturated carbocycles. The van der Waals surface area contributed by atoms with Crippen molar-refractivity contribution in [2.24, 2.45) is 5.92 Å². The van der Waals surface area contributed by atoms with Crippen LogP contribution in [-0.4, -0.2) is 31.0 Å². The molecule has 1 aromatic rings. The Labute approximate surface area is 117 Å². The predicted molar refractivity (Wildman–Crippen MR) is 74.2 cm³/mol. The zero-order valence-electron chi connectivity index (χ0n) is 10.6. The Balaban J connectivity index is 1.96. The summed E-state index contributed by atoms with van der Waals surface area (Å²) in [5.74, 6) is 0.245. The fraction of sp³-hybridized carbons (Fsp3) is 0.500. The number of nitriles is 1. The number of hydrogen-bond donors (Lipinski definition) is 2. The smallest absolute Gasteiger partial charge is 0.101 e. The number of aliphatic hydroxyl groups is 1. The molecule has 0 amide bonds. The largest absolute Gasteiger partial charge is 0.391 e. The normalized spacial score (nSPS) is 17.7. The summed E-state index contributed by atoms with van der Waals surface area (Å²) in [5, 5.41) is 22.8. The van der Waals surface area contributed by atoms with E-state index in [9.17, 15) is 5.11 Å². The number of anilines is 1. The second kappa shape index (κ2) is 6.76. The molecule has 1 heterocycles. The second-order valence-corrected chi connectivity index (χ2v) is 5.08. The van der Waals surface area contributed by atoms with Crippen molar-refractivity contribution in [3.8, 4) is 6.07 Å². The zero-order valence-corrected chi connectivity index (χ0v) is 11.4. The Morgan fingerprint density at radius 1 is 1.47 bits per heavy atom. The van der Waals surface area contributed by atoms with Crippen molar-refractivity contribution < 1.29 is 9.84 Å². The van der Waals surface area contributed by atoms with Crippen molar-refractivity contribution in [1.29, 1.82) is 5.26 Å². The standard InChI is InChI=1S/C14H17ClN2O2/c15-12-3-1-2-11(8-16)14(12)17-9-13(18)10-4-6-19-7-5-10/h1-3,10,13,17-18H,4-7,9H2/t13-/m0/s1. The number of nitrogens with zero attached hydrogens (tertiary/aromatic N) is 1. The molecule has 0 aromatic heterocycles. The van der Waals surface area contributed by atoms with E-state index in [1.165, 1.54) is 0 Å². The van der Waals surface area contributed by atoms with Gasteiger partial charge in [0.25, 0.3) is 0 Å². The number of halogens is 1. The van der Waals surface area contributed by atoms with E-state index in [0.717, 1.165) is 12.8 Å². The van der Waals surface area contributed by atoms with E-state index in [2.05, 4.69) is 11.4 Å². The fourth-order valence-corrected chi connectivity index (χ4v) is 2.51. The van der Waals surface area contributed by atoms with Gasteiger partial charge in [-0.25, -0.2) is 0 Å². The number of hydrogen-bond acceptors (Lipinski definition) is 4. The van der Waals surface area contributed by atoms with E-state index < -0.39 is 6.10 Å². The maximum Gasteiger partial charge on any atom is 0.101 e. The number of nitrogens with one attached hydrogen (secondary N) is 1. The van der Waals surface area contributed by atoms with Crippen molar-refractivity contribution in [3.63, 3.8) is 0 Å². The summed E-state index contributed by atoms with van der Waals surface area (Å²) in [6.45, 7) is 1.80. The summed E-state index contributed by atoms with van der Waals surface area (Å²) < 4.78 is 5.27. The van der Waals surface area contributed by atoms with Gasteiger partial charge in [-0.2, -0.15) is 5.26 Å². The summed E-state index contributed by atoms with van der Waals surface area (Å²) in [5.41, 5.74) is 1.09. The molecule has 19 heavy (non-hydrogen) atoms. The summed E-state index contributed by atoms with van der Waals surface area (Å²) in [6, 6.07) is 7.26. The minimum Gasteiger partial charge on any atom is -0.391 e. The first kappa shape index (κ1) is 14.1. The molecule has 1 atom stereocenters. The van der Waals surface area contributed by atoms with Gasteiger partial charge >= 0.3 is 0 Å². The molecule has 102 valence electrons. The van der Waals surface area contributed by atoms with E-state index >= 15 is 0 Å². The molecular weight excluding hydrogens is 264 g/mol. The molecule has 1 aliphatic heterocycles. The minimum absolute atomic E-state index is 0.245. The van der Waals surface area contributed by atoms with Crippen LogP contribution < -0.4 is 5.32 Å². The molecule has 0 unspecified atom stereocenters. The topological polar surface area (TPSA) is 65.3 Å². The number of ether oxygens (including phenoxy) is 1. The first-order chi connectivity index (χ1) is 9.22. The molecule has 1 aliphatic rings. The Bertz CT molecular complexity index is 467. The summed E-state index contributed by atoms with van der Waals surface area (Å²) in [7, 11) is 0. The average Bonchev–Trinajstić information content (AvgIpc) is 2.46. The lowest BCUT2D eigenvalue weighted by Crippen LogP contribution is -2.32. The molecule has 0 spiro atoms. The highest BCUT2D eigenvalue weighted by Gasteiger charge is 2.22. The lowest BCUT2D eigenvalue weighted by Gasteiger charge is -2.27. The van der Waals surface area contributed by atoms with Crippen LogP contribution in [0.4, 0.5) is 5.69 Å². The zero-order chi connectivity index (χ0) is 13.7. The van der Waals surface area contributed by atoms with E-state index in [0.29, 0.717) is 36.0 Å². The highest BCUT2D eigenvalue weighted by atomic mass is 35.5. The van der Waals surface area contributed by atoms with Gasteiger partial charge in [-0.05, 0) is 30.9 Å². The summed E-state index contributed by atoms with van der Waals surface area (Å²) >= 11 is 6.06.